The Balaban J connectivity index is 4.10. The van der Waals surface area contributed by atoms with Gasteiger partial charge in [0, 0.05) is 5.70 Å². The van der Waals surface area contributed by atoms with Crippen LogP contribution in [0.2, 0.25) is 0 Å². The molecule has 2 heteroatoms. The van der Waals surface area contributed by atoms with Crippen molar-refractivity contribution in [2.24, 2.45) is 23.3 Å². The van der Waals surface area contributed by atoms with Gasteiger partial charge in [0.05, 0.1) is 0 Å². The zero-order valence-corrected chi connectivity index (χ0v) is 13.7. The number of allylic oxidation sites excluding steroid dienone is 2. The molecular formula is C17H36N2. The van der Waals surface area contributed by atoms with E-state index >= 15 is 0 Å². The van der Waals surface area contributed by atoms with Crippen LogP contribution in [0.15, 0.2) is 11.3 Å². The van der Waals surface area contributed by atoms with E-state index in [4.69, 9.17) is 11.5 Å². The van der Waals surface area contributed by atoms with Gasteiger partial charge in [0.15, 0.2) is 0 Å². The van der Waals surface area contributed by atoms with E-state index in [-0.39, 0.29) is 0 Å². The lowest BCUT2D eigenvalue weighted by Gasteiger charge is -2.16. The van der Waals surface area contributed by atoms with Gasteiger partial charge in [-0.15, -0.1) is 0 Å². The first-order valence-corrected chi connectivity index (χ1v) is 8.13. The highest BCUT2D eigenvalue weighted by atomic mass is 14.6. The summed E-state index contributed by atoms with van der Waals surface area (Å²) in [6.07, 6.45) is 9.66. The summed E-state index contributed by atoms with van der Waals surface area (Å²) in [5, 5.41) is 0. The molecule has 0 aromatic carbocycles. The van der Waals surface area contributed by atoms with Crippen LogP contribution >= 0.6 is 0 Å². The lowest BCUT2D eigenvalue weighted by atomic mass is 9.92. The van der Waals surface area contributed by atoms with Crippen molar-refractivity contribution < 1.29 is 0 Å². The van der Waals surface area contributed by atoms with E-state index in [9.17, 15) is 0 Å². The fourth-order valence-electron chi connectivity index (χ4n) is 2.50. The first kappa shape index (κ1) is 18.5. The van der Waals surface area contributed by atoms with Crippen LogP contribution in [0.1, 0.15) is 79.1 Å². The average Bonchev–Trinajstić information content (AvgIpc) is 2.31. The third-order valence-electron chi connectivity index (χ3n) is 3.41. The molecule has 0 aliphatic rings. The third-order valence-corrected chi connectivity index (χ3v) is 3.41. The molecule has 0 aromatic heterocycles. The fourth-order valence-corrected chi connectivity index (χ4v) is 2.50. The van der Waals surface area contributed by atoms with Crippen LogP contribution < -0.4 is 11.5 Å². The molecule has 0 aliphatic carbocycles. The summed E-state index contributed by atoms with van der Waals surface area (Å²) >= 11 is 0. The fraction of sp³-hybridized carbons (Fsp3) is 0.882. The highest BCUT2D eigenvalue weighted by molar-refractivity contribution is 5.12. The quantitative estimate of drug-likeness (QED) is 0.538. The predicted octanol–water partition coefficient (Wildman–Crippen LogP) is 4.59. The maximum atomic E-state index is 6.32. The molecule has 0 radical (unpaired) electrons. The molecule has 2 nitrogen and oxygen atoms in total. The van der Waals surface area contributed by atoms with Crippen molar-refractivity contribution >= 4 is 0 Å². The number of hydrogen-bond acceptors (Lipinski definition) is 2. The second-order valence-electron chi connectivity index (χ2n) is 6.63. The van der Waals surface area contributed by atoms with Crippen molar-refractivity contribution in [2.75, 3.05) is 6.54 Å². The Hall–Kier alpha value is -0.500. The SMILES string of the molecule is CC(C)CC(CC(C)C)=C(N)CCCCCCCN. The molecule has 0 saturated heterocycles. The number of unbranched alkanes of at least 4 members (excludes halogenated alkanes) is 4. The van der Waals surface area contributed by atoms with Gasteiger partial charge in [-0.1, -0.05) is 52.5 Å². The van der Waals surface area contributed by atoms with E-state index < -0.39 is 0 Å². The largest absolute Gasteiger partial charge is 0.402 e. The lowest BCUT2D eigenvalue weighted by molar-refractivity contribution is 0.556. The van der Waals surface area contributed by atoms with E-state index in [1.54, 1.807) is 0 Å². The predicted molar refractivity (Wildman–Crippen MR) is 86.9 cm³/mol. The Kier molecular flexibility index (Phi) is 11.0. The van der Waals surface area contributed by atoms with Gasteiger partial charge in [-0.2, -0.15) is 0 Å². The molecule has 0 saturated carbocycles. The van der Waals surface area contributed by atoms with Gasteiger partial charge in [0.1, 0.15) is 0 Å². The van der Waals surface area contributed by atoms with E-state index in [2.05, 4.69) is 27.7 Å². The number of rotatable bonds is 11. The molecule has 0 aromatic rings. The first-order chi connectivity index (χ1) is 8.97. The van der Waals surface area contributed by atoms with E-state index in [0.717, 1.165) is 32.2 Å². The lowest BCUT2D eigenvalue weighted by Crippen LogP contribution is -2.07. The Bertz CT molecular complexity index is 230. The van der Waals surface area contributed by atoms with Crippen molar-refractivity contribution in [3.05, 3.63) is 11.3 Å². The Morgan fingerprint density at radius 2 is 1.26 bits per heavy atom. The summed E-state index contributed by atoms with van der Waals surface area (Å²) in [4.78, 5) is 0. The summed E-state index contributed by atoms with van der Waals surface area (Å²) in [6, 6.07) is 0. The topological polar surface area (TPSA) is 52.0 Å². The van der Waals surface area contributed by atoms with Gasteiger partial charge in [0.2, 0.25) is 0 Å². The third kappa shape index (κ3) is 11.1. The highest BCUT2D eigenvalue weighted by Crippen LogP contribution is 2.23. The van der Waals surface area contributed by atoms with Gasteiger partial charge in [-0.3, -0.25) is 0 Å². The zero-order chi connectivity index (χ0) is 14.7. The van der Waals surface area contributed by atoms with E-state index in [1.165, 1.54) is 37.0 Å². The smallest absolute Gasteiger partial charge is 0.00725 e. The van der Waals surface area contributed by atoms with Crippen molar-refractivity contribution in [1.82, 2.24) is 0 Å². The van der Waals surface area contributed by atoms with Crippen LogP contribution in [0.5, 0.6) is 0 Å². The van der Waals surface area contributed by atoms with Crippen LogP contribution in [-0.4, -0.2) is 6.54 Å². The molecule has 0 fully saturated rings. The zero-order valence-electron chi connectivity index (χ0n) is 13.7. The summed E-state index contributed by atoms with van der Waals surface area (Å²) in [6.45, 7) is 9.94. The number of hydrogen-bond donors (Lipinski definition) is 2. The van der Waals surface area contributed by atoms with Gasteiger partial charge in [-0.25, -0.2) is 0 Å². The van der Waals surface area contributed by atoms with E-state index in [1.807, 2.05) is 0 Å². The molecule has 0 amide bonds. The van der Waals surface area contributed by atoms with Crippen molar-refractivity contribution in [3.8, 4) is 0 Å². The maximum absolute atomic E-state index is 6.32. The molecule has 0 aliphatic heterocycles. The van der Waals surface area contributed by atoms with Crippen LogP contribution in [-0.2, 0) is 0 Å². The molecule has 0 atom stereocenters. The van der Waals surface area contributed by atoms with Crippen molar-refractivity contribution in [3.63, 3.8) is 0 Å². The van der Waals surface area contributed by atoms with Gasteiger partial charge < -0.3 is 11.5 Å². The molecule has 114 valence electrons. The van der Waals surface area contributed by atoms with Gasteiger partial charge in [-0.05, 0) is 50.5 Å². The molecular weight excluding hydrogens is 232 g/mol. The minimum atomic E-state index is 0.705. The summed E-state index contributed by atoms with van der Waals surface area (Å²) in [5.74, 6) is 1.41. The Labute approximate surface area is 121 Å². The van der Waals surface area contributed by atoms with Gasteiger partial charge >= 0.3 is 0 Å². The summed E-state index contributed by atoms with van der Waals surface area (Å²) in [7, 11) is 0. The molecule has 0 heterocycles. The number of nitrogens with two attached hydrogens (primary N) is 2. The van der Waals surface area contributed by atoms with E-state index in [0.29, 0.717) is 11.8 Å². The summed E-state index contributed by atoms with van der Waals surface area (Å²) < 4.78 is 0. The van der Waals surface area contributed by atoms with Gasteiger partial charge in [0.25, 0.3) is 0 Å². The first-order valence-electron chi connectivity index (χ1n) is 8.13. The highest BCUT2D eigenvalue weighted by Gasteiger charge is 2.08. The average molecular weight is 268 g/mol. The van der Waals surface area contributed by atoms with Crippen LogP contribution in [0.3, 0.4) is 0 Å². The van der Waals surface area contributed by atoms with Crippen molar-refractivity contribution in [1.29, 1.82) is 0 Å². The Morgan fingerprint density at radius 3 is 1.74 bits per heavy atom. The standard InChI is InChI=1S/C17H36N2/c1-14(2)12-16(13-15(3)4)17(19)10-8-6-5-7-9-11-18/h14-15H,5-13,18-19H2,1-4H3. The molecule has 19 heavy (non-hydrogen) atoms. The molecule has 0 rings (SSSR count). The molecule has 4 N–H and O–H groups in total. The minimum absolute atomic E-state index is 0.705. The summed E-state index contributed by atoms with van der Waals surface area (Å²) in [5.41, 5.74) is 14.5. The van der Waals surface area contributed by atoms with Crippen LogP contribution in [0.4, 0.5) is 0 Å². The van der Waals surface area contributed by atoms with Crippen LogP contribution in [0, 0.1) is 11.8 Å². The molecule has 0 bridgehead atoms. The van der Waals surface area contributed by atoms with Crippen LogP contribution in [0.25, 0.3) is 0 Å². The minimum Gasteiger partial charge on any atom is -0.402 e. The normalized spacial score (nSPS) is 11.3. The Morgan fingerprint density at radius 1 is 0.789 bits per heavy atom. The second kappa shape index (κ2) is 11.3. The molecule has 0 unspecified atom stereocenters. The van der Waals surface area contributed by atoms with Crippen molar-refractivity contribution in [2.45, 2.75) is 79.1 Å². The second-order valence-corrected chi connectivity index (χ2v) is 6.63. The monoisotopic (exact) mass is 268 g/mol. The molecule has 0 spiro atoms. The maximum Gasteiger partial charge on any atom is 0.00725 e.